The van der Waals surface area contributed by atoms with E-state index in [1.807, 2.05) is 13.1 Å². The van der Waals surface area contributed by atoms with Crippen molar-refractivity contribution < 1.29 is 4.74 Å². The highest BCUT2D eigenvalue weighted by Gasteiger charge is 1.99. The van der Waals surface area contributed by atoms with Crippen LogP contribution in [-0.2, 0) is 6.54 Å². The summed E-state index contributed by atoms with van der Waals surface area (Å²) in [6, 6.07) is 0.125. The van der Waals surface area contributed by atoms with Crippen molar-refractivity contribution in [1.82, 2.24) is 9.78 Å². The molecule has 0 aliphatic carbocycles. The lowest BCUT2D eigenvalue weighted by molar-refractivity contribution is 0.413. The van der Waals surface area contributed by atoms with Crippen molar-refractivity contribution in [2.24, 2.45) is 5.73 Å². The van der Waals surface area contributed by atoms with Crippen LogP contribution in [0.4, 0.5) is 0 Å². The average Bonchev–Trinajstić information content (AvgIpc) is 2.34. The maximum Gasteiger partial charge on any atom is 0.156 e. The molecule has 0 saturated carbocycles. The van der Waals surface area contributed by atoms with E-state index in [0.29, 0.717) is 0 Å². The van der Waals surface area contributed by atoms with Crippen LogP contribution in [0.15, 0.2) is 12.4 Å². The minimum absolute atomic E-state index is 0.125. The van der Waals surface area contributed by atoms with Gasteiger partial charge >= 0.3 is 0 Å². The van der Waals surface area contributed by atoms with Crippen molar-refractivity contribution in [1.29, 1.82) is 0 Å². The Kier molecular flexibility index (Phi) is 2.48. The van der Waals surface area contributed by atoms with Gasteiger partial charge in [0, 0.05) is 6.04 Å². The molecular weight excluding hydrogens is 142 g/mol. The summed E-state index contributed by atoms with van der Waals surface area (Å²) in [6.07, 6.45) is 3.49. The van der Waals surface area contributed by atoms with Crippen LogP contribution in [0.2, 0.25) is 0 Å². The second-order valence-electron chi connectivity index (χ2n) is 2.58. The van der Waals surface area contributed by atoms with Gasteiger partial charge in [-0.2, -0.15) is 5.10 Å². The van der Waals surface area contributed by atoms with Gasteiger partial charge in [-0.05, 0) is 6.92 Å². The molecule has 0 aromatic carbocycles. The Morgan fingerprint density at radius 2 is 2.55 bits per heavy atom. The zero-order valence-corrected chi connectivity index (χ0v) is 6.82. The highest BCUT2D eigenvalue weighted by Crippen LogP contribution is 2.06. The maximum absolute atomic E-state index is 5.57. The van der Waals surface area contributed by atoms with Crippen LogP contribution < -0.4 is 10.5 Å². The second kappa shape index (κ2) is 3.39. The lowest BCUT2D eigenvalue weighted by atomic mass is 10.4. The van der Waals surface area contributed by atoms with E-state index in [0.717, 1.165) is 12.3 Å². The molecule has 0 radical (unpaired) electrons. The molecule has 1 aromatic rings. The van der Waals surface area contributed by atoms with E-state index < -0.39 is 0 Å². The van der Waals surface area contributed by atoms with Gasteiger partial charge in [0.05, 0.1) is 26.0 Å². The van der Waals surface area contributed by atoms with Crippen molar-refractivity contribution in [3.8, 4) is 5.75 Å². The number of ether oxygens (including phenoxy) is 1. The Morgan fingerprint density at radius 3 is 3.00 bits per heavy atom. The molecule has 0 amide bonds. The molecule has 1 heterocycles. The first-order chi connectivity index (χ1) is 5.22. The third kappa shape index (κ3) is 2.23. The molecule has 0 fully saturated rings. The van der Waals surface area contributed by atoms with Crippen molar-refractivity contribution in [2.75, 3.05) is 7.11 Å². The minimum Gasteiger partial charge on any atom is -0.493 e. The predicted molar refractivity (Wildman–Crippen MR) is 42.4 cm³/mol. The quantitative estimate of drug-likeness (QED) is 0.680. The largest absolute Gasteiger partial charge is 0.493 e. The topological polar surface area (TPSA) is 53.1 Å². The molecule has 0 aliphatic rings. The van der Waals surface area contributed by atoms with Crippen LogP contribution in [-0.4, -0.2) is 22.9 Å². The average molecular weight is 155 g/mol. The SMILES string of the molecule is COc1cnn(CC(C)N)c1. The van der Waals surface area contributed by atoms with Crippen molar-refractivity contribution >= 4 is 0 Å². The highest BCUT2D eigenvalue weighted by molar-refractivity contribution is 5.11. The van der Waals surface area contributed by atoms with Crippen LogP contribution in [0.3, 0.4) is 0 Å². The monoisotopic (exact) mass is 155 g/mol. The van der Waals surface area contributed by atoms with Crippen molar-refractivity contribution in [3.05, 3.63) is 12.4 Å². The highest BCUT2D eigenvalue weighted by atomic mass is 16.5. The molecule has 11 heavy (non-hydrogen) atoms. The summed E-state index contributed by atoms with van der Waals surface area (Å²) in [4.78, 5) is 0. The van der Waals surface area contributed by atoms with Crippen molar-refractivity contribution in [3.63, 3.8) is 0 Å². The maximum atomic E-state index is 5.57. The number of nitrogens with zero attached hydrogens (tertiary/aromatic N) is 2. The van der Waals surface area contributed by atoms with E-state index in [1.54, 1.807) is 18.0 Å². The van der Waals surface area contributed by atoms with Gasteiger partial charge in [-0.3, -0.25) is 4.68 Å². The Bertz CT molecular complexity index is 219. The third-order valence-electron chi connectivity index (χ3n) is 1.32. The van der Waals surface area contributed by atoms with Gasteiger partial charge in [-0.1, -0.05) is 0 Å². The third-order valence-corrected chi connectivity index (χ3v) is 1.32. The predicted octanol–water partition coefficient (Wildman–Crippen LogP) is 0.239. The van der Waals surface area contributed by atoms with E-state index in [4.69, 9.17) is 10.5 Å². The molecule has 1 aromatic heterocycles. The van der Waals surface area contributed by atoms with Gasteiger partial charge in [0.15, 0.2) is 5.75 Å². The Balaban J connectivity index is 2.58. The van der Waals surface area contributed by atoms with Gasteiger partial charge in [0.2, 0.25) is 0 Å². The first kappa shape index (κ1) is 8.07. The standard InChI is InChI=1S/C7H13N3O/c1-6(8)4-10-5-7(11-2)3-9-10/h3,5-6H,4,8H2,1-2H3. The number of nitrogens with two attached hydrogens (primary N) is 1. The second-order valence-corrected chi connectivity index (χ2v) is 2.58. The van der Waals surface area contributed by atoms with Crippen LogP contribution >= 0.6 is 0 Å². The van der Waals surface area contributed by atoms with E-state index in [1.165, 1.54) is 0 Å². The van der Waals surface area contributed by atoms with Gasteiger partial charge in [0.25, 0.3) is 0 Å². The number of hydrogen-bond acceptors (Lipinski definition) is 3. The summed E-state index contributed by atoms with van der Waals surface area (Å²) >= 11 is 0. The Morgan fingerprint density at radius 1 is 1.82 bits per heavy atom. The zero-order chi connectivity index (χ0) is 8.27. The fraction of sp³-hybridized carbons (Fsp3) is 0.571. The molecule has 1 rings (SSSR count). The minimum atomic E-state index is 0.125. The molecule has 1 unspecified atom stereocenters. The van der Waals surface area contributed by atoms with Crippen molar-refractivity contribution in [2.45, 2.75) is 19.5 Å². The summed E-state index contributed by atoms with van der Waals surface area (Å²) in [5.74, 6) is 0.769. The summed E-state index contributed by atoms with van der Waals surface area (Å²) in [6.45, 7) is 2.66. The molecule has 0 saturated heterocycles. The first-order valence-electron chi connectivity index (χ1n) is 3.54. The Labute approximate surface area is 66.0 Å². The fourth-order valence-electron chi connectivity index (χ4n) is 0.845. The van der Waals surface area contributed by atoms with Gasteiger partial charge < -0.3 is 10.5 Å². The van der Waals surface area contributed by atoms with Crippen LogP contribution in [0.1, 0.15) is 6.92 Å². The number of aromatic nitrogens is 2. The first-order valence-corrected chi connectivity index (χ1v) is 3.54. The molecule has 0 spiro atoms. The lowest BCUT2D eigenvalue weighted by Gasteiger charge is -2.03. The van der Waals surface area contributed by atoms with Crippen LogP contribution in [0, 0.1) is 0 Å². The van der Waals surface area contributed by atoms with Gasteiger partial charge in [-0.15, -0.1) is 0 Å². The number of rotatable bonds is 3. The lowest BCUT2D eigenvalue weighted by Crippen LogP contribution is -2.22. The summed E-state index contributed by atoms with van der Waals surface area (Å²) in [5, 5.41) is 4.04. The fourth-order valence-corrected chi connectivity index (χ4v) is 0.845. The molecule has 2 N–H and O–H groups in total. The molecule has 4 heteroatoms. The summed E-state index contributed by atoms with van der Waals surface area (Å²) in [5.41, 5.74) is 5.57. The van der Waals surface area contributed by atoms with E-state index in [9.17, 15) is 0 Å². The molecule has 4 nitrogen and oxygen atoms in total. The number of methoxy groups -OCH3 is 1. The van der Waals surface area contributed by atoms with E-state index >= 15 is 0 Å². The number of hydrogen-bond donors (Lipinski definition) is 1. The summed E-state index contributed by atoms with van der Waals surface area (Å²) in [7, 11) is 1.62. The summed E-state index contributed by atoms with van der Waals surface area (Å²) < 4.78 is 6.72. The molecule has 0 aliphatic heterocycles. The van der Waals surface area contributed by atoms with Crippen LogP contribution in [0.5, 0.6) is 5.75 Å². The molecule has 62 valence electrons. The van der Waals surface area contributed by atoms with Gasteiger partial charge in [-0.25, -0.2) is 0 Å². The normalized spacial score (nSPS) is 13.0. The smallest absolute Gasteiger partial charge is 0.156 e. The Hall–Kier alpha value is -1.03. The van der Waals surface area contributed by atoms with E-state index in [2.05, 4.69) is 5.10 Å². The molecule has 0 bridgehead atoms. The zero-order valence-electron chi connectivity index (χ0n) is 6.82. The van der Waals surface area contributed by atoms with Gasteiger partial charge in [0.1, 0.15) is 0 Å². The molecular formula is C7H13N3O. The van der Waals surface area contributed by atoms with E-state index in [-0.39, 0.29) is 6.04 Å². The van der Waals surface area contributed by atoms with Crippen LogP contribution in [0.25, 0.3) is 0 Å². The molecule has 1 atom stereocenters.